The highest BCUT2D eigenvalue weighted by Crippen LogP contribution is 2.34. The second-order valence-corrected chi connectivity index (χ2v) is 8.78. The maximum atomic E-state index is 12.9. The third kappa shape index (κ3) is 7.38. The number of aromatic nitrogens is 3. The van der Waals surface area contributed by atoms with Gasteiger partial charge in [-0.2, -0.15) is 18.3 Å². The topological polar surface area (TPSA) is 92.6 Å². The lowest BCUT2D eigenvalue weighted by atomic mass is 10.2. The van der Waals surface area contributed by atoms with E-state index in [1.807, 2.05) is 0 Å². The number of rotatable bonds is 5. The lowest BCUT2D eigenvalue weighted by Crippen LogP contribution is -2.51. The highest BCUT2D eigenvalue weighted by Gasteiger charge is 2.32. The number of ether oxygens (including phenoxy) is 1. The molecule has 1 saturated heterocycles. The van der Waals surface area contributed by atoms with Crippen molar-refractivity contribution in [2.24, 2.45) is 0 Å². The van der Waals surface area contributed by atoms with Gasteiger partial charge in [0.2, 0.25) is 5.91 Å². The number of carbonyl (C=O) groups excluding carboxylic acids is 2. The first-order valence-electron chi connectivity index (χ1n) is 11.3. The van der Waals surface area contributed by atoms with Crippen LogP contribution in [0.1, 0.15) is 5.56 Å². The second kappa shape index (κ2) is 11.1. The van der Waals surface area contributed by atoms with E-state index in [2.05, 4.69) is 20.3 Å². The van der Waals surface area contributed by atoms with Crippen molar-refractivity contribution in [1.82, 2.24) is 24.8 Å². The number of carbonyl (C=O) groups is 2. The van der Waals surface area contributed by atoms with E-state index >= 15 is 0 Å². The first kappa shape index (κ1) is 28.2. The monoisotopic (exact) mass is 576 g/mol. The zero-order valence-electron chi connectivity index (χ0n) is 19.8. The predicted octanol–water partition coefficient (Wildman–Crippen LogP) is 4.74. The first-order chi connectivity index (χ1) is 18.3. The molecule has 208 valence electrons. The normalized spacial score (nSPS) is 14.8. The molecule has 0 unspecified atom stereocenters. The molecule has 9 nitrogen and oxygen atoms in total. The Kier molecular flexibility index (Phi) is 8.02. The quantitative estimate of drug-likeness (QED) is 0.441. The Morgan fingerprint density at radius 2 is 1.64 bits per heavy atom. The summed E-state index contributed by atoms with van der Waals surface area (Å²) < 4.78 is 79.6. The van der Waals surface area contributed by atoms with Crippen molar-refractivity contribution in [2.45, 2.75) is 12.5 Å². The van der Waals surface area contributed by atoms with Gasteiger partial charge in [0.25, 0.3) is 0 Å². The Morgan fingerprint density at radius 1 is 0.974 bits per heavy atom. The number of amides is 2. The number of halogens is 7. The van der Waals surface area contributed by atoms with E-state index in [0.717, 1.165) is 35.1 Å². The van der Waals surface area contributed by atoms with E-state index in [1.54, 1.807) is 4.90 Å². The molecule has 3 aromatic rings. The molecular weight excluding hydrogens is 558 g/mol. The lowest BCUT2D eigenvalue weighted by molar-refractivity contribution is -0.274. The Morgan fingerprint density at radius 3 is 2.26 bits per heavy atom. The fraction of sp³-hybridized carbons (Fsp3) is 0.304. The predicted molar refractivity (Wildman–Crippen MR) is 126 cm³/mol. The van der Waals surface area contributed by atoms with Gasteiger partial charge in [-0.15, -0.1) is 18.3 Å². The molecular formula is C23H19ClF6N6O3. The van der Waals surface area contributed by atoms with Crippen LogP contribution in [0.3, 0.4) is 0 Å². The number of anilines is 1. The minimum Gasteiger partial charge on any atom is -0.406 e. The Bertz CT molecular complexity index is 1340. The summed E-state index contributed by atoms with van der Waals surface area (Å²) in [6, 6.07) is 6.99. The average molecular weight is 577 g/mol. The summed E-state index contributed by atoms with van der Waals surface area (Å²) in [7, 11) is 0. The van der Waals surface area contributed by atoms with Crippen LogP contribution < -0.4 is 10.1 Å². The average Bonchev–Trinajstić information content (AvgIpc) is 3.34. The van der Waals surface area contributed by atoms with E-state index in [0.29, 0.717) is 18.7 Å². The van der Waals surface area contributed by atoms with Crippen LogP contribution in [0.25, 0.3) is 11.3 Å². The lowest BCUT2D eigenvalue weighted by Gasteiger charge is -2.33. The summed E-state index contributed by atoms with van der Waals surface area (Å²) in [4.78, 5) is 29.2. The summed E-state index contributed by atoms with van der Waals surface area (Å²) >= 11 is 5.92. The van der Waals surface area contributed by atoms with E-state index in [-0.39, 0.29) is 36.0 Å². The van der Waals surface area contributed by atoms with Gasteiger partial charge in [0.05, 0.1) is 29.0 Å². The van der Waals surface area contributed by atoms with Gasteiger partial charge in [-0.05, 0) is 42.5 Å². The van der Waals surface area contributed by atoms with Crippen LogP contribution in [0.4, 0.5) is 36.8 Å². The molecule has 0 radical (unpaired) electrons. The minimum absolute atomic E-state index is 0.0385. The van der Waals surface area contributed by atoms with Crippen LogP contribution in [0.15, 0.2) is 48.7 Å². The Hall–Kier alpha value is -3.85. The van der Waals surface area contributed by atoms with Crippen LogP contribution >= 0.6 is 11.6 Å². The number of hydrogen-bond acceptors (Lipinski definition) is 6. The molecule has 0 aliphatic carbocycles. The molecule has 0 atom stereocenters. The number of alkyl halides is 6. The fourth-order valence-corrected chi connectivity index (χ4v) is 3.89. The van der Waals surface area contributed by atoms with E-state index < -0.39 is 35.8 Å². The van der Waals surface area contributed by atoms with Crippen molar-refractivity contribution >= 4 is 29.2 Å². The summed E-state index contributed by atoms with van der Waals surface area (Å²) in [6.45, 7) is 0.898. The molecule has 2 amide bonds. The van der Waals surface area contributed by atoms with E-state index in [9.17, 15) is 35.9 Å². The van der Waals surface area contributed by atoms with Crippen molar-refractivity contribution < 1.29 is 40.7 Å². The van der Waals surface area contributed by atoms with Gasteiger partial charge < -0.3 is 15.0 Å². The van der Waals surface area contributed by atoms with Crippen molar-refractivity contribution in [3.63, 3.8) is 0 Å². The smallest absolute Gasteiger partial charge is 0.406 e. The maximum absolute atomic E-state index is 12.9. The highest BCUT2D eigenvalue weighted by atomic mass is 35.5. The number of nitrogens with one attached hydrogen (secondary N) is 1. The molecule has 0 bridgehead atoms. The Labute approximate surface area is 221 Å². The van der Waals surface area contributed by atoms with Gasteiger partial charge in [-0.25, -0.2) is 4.79 Å². The third-order valence-electron chi connectivity index (χ3n) is 5.62. The van der Waals surface area contributed by atoms with Gasteiger partial charge in [0, 0.05) is 31.7 Å². The molecule has 0 saturated carbocycles. The highest BCUT2D eigenvalue weighted by molar-refractivity contribution is 6.33. The molecule has 1 aromatic heterocycles. The van der Waals surface area contributed by atoms with Crippen LogP contribution in [0, 0.1) is 0 Å². The van der Waals surface area contributed by atoms with Crippen LogP contribution in [-0.4, -0.2) is 75.8 Å². The van der Waals surface area contributed by atoms with Gasteiger partial charge in [-0.1, -0.05) is 16.4 Å². The second-order valence-electron chi connectivity index (χ2n) is 8.38. The molecule has 39 heavy (non-hydrogen) atoms. The van der Waals surface area contributed by atoms with E-state index in [4.69, 9.17) is 11.6 Å². The minimum atomic E-state index is -4.82. The van der Waals surface area contributed by atoms with Crippen molar-refractivity contribution in [2.75, 3.05) is 38.0 Å². The number of hydrogen-bond donors (Lipinski definition) is 1. The molecule has 2 heterocycles. The SMILES string of the molecule is O=C(CN1CCN(C(=O)n2ncc(-c3ccc(OC(F)(F)F)cc3)n2)CC1)Nc1cc(C(F)(F)F)ccc1Cl. The molecule has 1 fully saturated rings. The first-order valence-corrected chi connectivity index (χ1v) is 11.6. The zero-order chi connectivity index (χ0) is 28.4. The van der Waals surface area contributed by atoms with Crippen LogP contribution in [0.5, 0.6) is 5.75 Å². The van der Waals surface area contributed by atoms with Crippen LogP contribution in [-0.2, 0) is 11.0 Å². The summed E-state index contributed by atoms with van der Waals surface area (Å²) in [5.41, 5.74) is -0.434. The summed E-state index contributed by atoms with van der Waals surface area (Å²) in [5, 5.41) is 10.4. The fourth-order valence-electron chi connectivity index (χ4n) is 3.73. The number of piperazine rings is 1. The molecule has 4 rings (SSSR count). The largest absolute Gasteiger partial charge is 0.573 e. The maximum Gasteiger partial charge on any atom is 0.573 e. The van der Waals surface area contributed by atoms with Gasteiger partial charge in [-0.3, -0.25) is 9.69 Å². The number of nitrogens with zero attached hydrogens (tertiary/aromatic N) is 5. The van der Waals surface area contributed by atoms with Crippen molar-refractivity contribution in [1.29, 1.82) is 0 Å². The Balaban J connectivity index is 1.29. The van der Waals surface area contributed by atoms with Gasteiger partial charge >= 0.3 is 18.6 Å². The van der Waals surface area contributed by atoms with Gasteiger partial charge in [0.15, 0.2) is 0 Å². The van der Waals surface area contributed by atoms with Crippen molar-refractivity contribution in [3.8, 4) is 17.0 Å². The molecule has 1 aliphatic rings. The van der Waals surface area contributed by atoms with Crippen molar-refractivity contribution in [3.05, 3.63) is 59.2 Å². The summed E-state index contributed by atoms with van der Waals surface area (Å²) in [6.07, 6.45) is -8.12. The zero-order valence-corrected chi connectivity index (χ0v) is 20.5. The molecule has 0 spiro atoms. The molecule has 1 aliphatic heterocycles. The molecule has 16 heteroatoms. The van der Waals surface area contributed by atoms with Crippen LogP contribution in [0.2, 0.25) is 5.02 Å². The molecule has 1 N–H and O–H groups in total. The number of benzene rings is 2. The summed E-state index contributed by atoms with van der Waals surface area (Å²) in [5.74, 6) is -0.972. The molecule has 2 aromatic carbocycles. The van der Waals surface area contributed by atoms with E-state index in [1.165, 1.54) is 23.2 Å². The van der Waals surface area contributed by atoms with Gasteiger partial charge in [0.1, 0.15) is 11.4 Å². The third-order valence-corrected chi connectivity index (χ3v) is 5.95. The standard InChI is InChI=1S/C23H19ClF6N6O3/c24-17-6-3-15(22(25,26)27)11-18(17)32-20(37)13-34-7-9-35(10-8-34)21(38)36-31-12-19(33-36)14-1-4-16(5-2-14)39-23(28,29)30/h1-6,11-12H,7-10,13H2,(H,32,37).